The first kappa shape index (κ1) is 12.4. The van der Waals surface area contributed by atoms with Gasteiger partial charge >= 0.3 is 0 Å². The molecule has 1 aliphatic rings. The number of benzene rings is 1. The highest BCUT2D eigenvalue weighted by Crippen LogP contribution is 2.18. The number of rotatable bonds is 3. The number of hydrogen-bond acceptors (Lipinski definition) is 3. The Morgan fingerprint density at radius 2 is 2.24 bits per heavy atom. The lowest BCUT2D eigenvalue weighted by molar-refractivity contribution is -0.0526. The van der Waals surface area contributed by atoms with Crippen LogP contribution in [0.1, 0.15) is 19.4 Å². The summed E-state index contributed by atoms with van der Waals surface area (Å²) in [5, 5.41) is 0. The van der Waals surface area contributed by atoms with Crippen LogP contribution in [0.2, 0.25) is 0 Å². The second-order valence-corrected chi connectivity index (χ2v) is 4.77. The summed E-state index contributed by atoms with van der Waals surface area (Å²) in [6, 6.07) is 8.76. The standard InChI is InChI=1S/C14H21NO2/c1-11-10-17-12(2)8-15(11)9-13-5-4-6-14(7-13)16-3/h4-7,11-12H,8-10H2,1-3H3/t11-,12-/m0/s1. The molecule has 0 unspecified atom stereocenters. The molecule has 94 valence electrons. The van der Waals surface area contributed by atoms with Crippen LogP contribution in [-0.2, 0) is 11.3 Å². The van der Waals surface area contributed by atoms with Crippen LogP contribution >= 0.6 is 0 Å². The summed E-state index contributed by atoms with van der Waals surface area (Å²) in [6.07, 6.45) is 0.330. The first-order valence-electron chi connectivity index (χ1n) is 6.17. The number of methoxy groups -OCH3 is 1. The van der Waals surface area contributed by atoms with Crippen molar-refractivity contribution in [2.24, 2.45) is 0 Å². The molecule has 0 saturated carbocycles. The summed E-state index contributed by atoms with van der Waals surface area (Å²) in [5.74, 6) is 0.927. The first-order chi connectivity index (χ1) is 8.19. The third-order valence-corrected chi connectivity index (χ3v) is 3.26. The Balaban J connectivity index is 2.03. The Hall–Kier alpha value is -1.06. The van der Waals surface area contributed by atoms with Crippen molar-refractivity contribution < 1.29 is 9.47 Å². The van der Waals surface area contributed by atoms with E-state index in [1.54, 1.807) is 7.11 Å². The summed E-state index contributed by atoms with van der Waals surface area (Å²) < 4.78 is 10.9. The van der Waals surface area contributed by atoms with Gasteiger partial charge in [-0.15, -0.1) is 0 Å². The maximum absolute atomic E-state index is 5.64. The quantitative estimate of drug-likeness (QED) is 0.802. The monoisotopic (exact) mass is 235 g/mol. The summed E-state index contributed by atoms with van der Waals surface area (Å²) in [4.78, 5) is 2.46. The zero-order valence-electron chi connectivity index (χ0n) is 10.8. The van der Waals surface area contributed by atoms with Gasteiger partial charge in [-0.3, -0.25) is 4.90 Å². The predicted octanol–water partition coefficient (Wildman–Crippen LogP) is 2.30. The Morgan fingerprint density at radius 3 is 3.00 bits per heavy atom. The van der Waals surface area contributed by atoms with Crippen molar-refractivity contribution in [2.75, 3.05) is 20.3 Å². The van der Waals surface area contributed by atoms with E-state index in [0.717, 1.165) is 25.4 Å². The van der Waals surface area contributed by atoms with Crippen molar-refractivity contribution >= 4 is 0 Å². The van der Waals surface area contributed by atoms with E-state index in [1.165, 1.54) is 5.56 Å². The molecule has 0 aromatic heterocycles. The van der Waals surface area contributed by atoms with Crippen LogP contribution in [-0.4, -0.2) is 37.3 Å². The van der Waals surface area contributed by atoms with Crippen LogP contribution in [0.15, 0.2) is 24.3 Å². The maximum atomic E-state index is 5.64. The Kier molecular flexibility index (Phi) is 4.02. The molecule has 1 aromatic rings. The molecule has 1 fully saturated rings. The van der Waals surface area contributed by atoms with E-state index in [9.17, 15) is 0 Å². The van der Waals surface area contributed by atoms with E-state index in [2.05, 4.69) is 30.9 Å². The Bertz CT molecular complexity index is 367. The van der Waals surface area contributed by atoms with Gasteiger partial charge in [0.2, 0.25) is 0 Å². The van der Waals surface area contributed by atoms with E-state index in [0.29, 0.717) is 12.1 Å². The molecule has 0 N–H and O–H groups in total. The minimum Gasteiger partial charge on any atom is -0.497 e. The molecule has 1 aliphatic heterocycles. The van der Waals surface area contributed by atoms with Crippen LogP contribution in [0.5, 0.6) is 5.75 Å². The second kappa shape index (κ2) is 5.52. The smallest absolute Gasteiger partial charge is 0.119 e. The molecule has 1 aromatic carbocycles. The summed E-state index contributed by atoms with van der Waals surface area (Å²) in [6.45, 7) is 7.13. The van der Waals surface area contributed by atoms with E-state index in [1.807, 2.05) is 12.1 Å². The lowest BCUT2D eigenvalue weighted by Crippen LogP contribution is -2.46. The molecule has 2 atom stereocenters. The van der Waals surface area contributed by atoms with Crippen LogP contribution < -0.4 is 4.74 Å². The lowest BCUT2D eigenvalue weighted by atomic mass is 10.1. The van der Waals surface area contributed by atoms with Gasteiger partial charge in [0, 0.05) is 19.1 Å². The average molecular weight is 235 g/mol. The molecule has 0 bridgehead atoms. The highest BCUT2D eigenvalue weighted by atomic mass is 16.5. The molecule has 1 heterocycles. The van der Waals surface area contributed by atoms with Crippen LogP contribution in [0, 0.1) is 0 Å². The van der Waals surface area contributed by atoms with Gasteiger partial charge in [0.05, 0.1) is 19.8 Å². The maximum Gasteiger partial charge on any atom is 0.119 e. The van der Waals surface area contributed by atoms with Crippen molar-refractivity contribution in [3.63, 3.8) is 0 Å². The van der Waals surface area contributed by atoms with Crippen molar-refractivity contribution in [3.05, 3.63) is 29.8 Å². The van der Waals surface area contributed by atoms with Crippen molar-refractivity contribution in [3.8, 4) is 5.75 Å². The fourth-order valence-electron chi connectivity index (χ4n) is 2.20. The number of morpholine rings is 1. The number of hydrogen-bond donors (Lipinski definition) is 0. The molecule has 0 amide bonds. The molecule has 17 heavy (non-hydrogen) atoms. The van der Waals surface area contributed by atoms with Gasteiger partial charge in [0.15, 0.2) is 0 Å². The second-order valence-electron chi connectivity index (χ2n) is 4.77. The minimum atomic E-state index is 0.330. The number of ether oxygens (including phenoxy) is 2. The zero-order valence-corrected chi connectivity index (χ0v) is 10.8. The number of nitrogens with zero attached hydrogens (tertiary/aromatic N) is 1. The molecule has 0 radical (unpaired) electrons. The molecular formula is C14H21NO2. The van der Waals surface area contributed by atoms with Gasteiger partial charge in [0.25, 0.3) is 0 Å². The summed E-state index contributed by atoms with van der Waals surface area (Å²) in [7, 11) is 1.71. The summed E-state index contributed by atoms with van der Waals surface area (Å²) in [5.41, 5.74) is 1.30. The lowest BCUT2D eigenvalue weighted by Gasteiger charge is -2.36. The van der Waals surface area contributed by atoms with Gasteiger partial charge in [-0.25, -0.2) is 0 Å². The molecule has 0 aliphatic carbocycles. The summed E-state index contributed by atoms with van der Waals surface area (Å²) >= 11 is 0. The third-order valence-electron chi connectivity index (χ3n) is 3.26. The predicted molar refractivity (Wildman–Crippen MR) is 68.3 cm³/mol. The fraction of sp³-hybridized carbons (Fsp3) is 0.571. The van der Waals surface area contributed by atoms with Crippen molar-refractivity contribution in [2.45, 2.75) is 32.5 Å². The Labute approximate surface area is 103 Å². The van der Waals surface area contributed by atoms with Crippen molar-refractivity contribution in [1.82, 2.24) is 4.90 Å². The van der Waals surface area contributed by atoms with E-state index < -0.39 is 0 Å². The molecule has 1 saturated heterocycles. The minimum absolute atomic E-state index is 0.330. The van der Waals surface area contributed by atoms with Gasteiger partial charge < -0.3 is 9.47 Å². The highest BCUT2D eigenvalue weighted by Gasteiger charge is 2.23. The molecule has 2 rings (SSSR count). The van der Waals surface area contributed by atoms with E-state index in [4.69, 9.17) is 9.47 Å². The zero-order chi connectivity index (χ0) is 12.3. The van der Waals surface area contributed by atoms with Crippen LogP contribution in [0.4, 0.5) is 0 Å². The molecule has 0 spiro atoms. The van der Waals surface area contributed by atoms with Crippen LogP contribution in [0.3, 0.4) is 0 Å². The average Bonchev–Trinajstić information content (AvgIpc) is 2.34. The third kappa shape index (κ3) is 3.20. The largest absolute Gasteiger partial charge is 0.497 e. The van der Waals surface area contributed by atoms with Gasteiger partial charge in [0.1, 0.15) is 5.75 Å². The van der Waals surface area contributed by atoms with Gasteiger partial charge in [-0.05, 0) is 31.5 Å². The molecule has 3 nitrogen and oxygen atoms in total. The van der Waals surface area contributed by atoms with E-state index >= 15 is 0 Å². The topological polar surface area (TPSA) is 21.7 Å². The van der Waals surface area contributed by atoms with Gasteiger partial charge in [-0.2, -0.15) is 0 Å². The molecule has 3 heteroatoms. The molecular weight excluding hydrogens is 214 g/mol. The SMILES string of the molecule is COc1cccc(CN2C[C@H](C)OC[C@@H]2C)c1. The highest BCUT2D eigenvalue weighted by molar-refractivity contribution is 5.28. The van der Waals surface area contributed by atoms with Crippen LogP contribution in [0.25, 0.3) is 0 Å². The fourth-order valence-corrected chi connectivity index (χ4v) is 2.20. The van der Waals surface area contributed by atoms with Crippen molar-refractivity contribution in [1.29, 1.82) is 0 Å². The Morgan fingerprint density at radius 1 is 1.41 bits per heavy atom. The normalized spacial score (nSPS) is 25.8. The first-order valence-corrected chi connectivity index (χ1v) is 6.17. The van der Waals surface area contributed by atoms with Gasteiger partial charge in [-0.1, -0.05) is 12.1 Å². The van der Waals surface area contributed by atoms with E-state index in [-0.39, 0.29) is 0 Å².